The number of thioether (sulfide) groups is 1. The lowest BCUT2D eigenvalue weighted by molar-refractivity contribution is 0.251. The summed E-state index contributed by atoms with van der Waals surface area (Å²) < 4.78 is 4.64. The Morgan fingerprint density at radius 3 is 2.33 bits per heavy atom. The number of anilines is 1. The molecule has 36 heavy (non-hydrogen) atoms. The van der Waals surface area contributed by atoms with E-state index in [0.717, 1.165) is 17.3 Å². The summed E-state index contributed by atoms with van der Waals surface area (Å²) in [7, 11) is 1.55. The van der Waals surface area contributed by atoms with Crippen molar-refractivity contribution in [3.63, 3.8) is 0 Å². The van der Waals surface area contributed by atoms with E-state index in [4.69, 9.17) is 39.5 Å². The number of amides is 2. The van der Waals surface area contributed by atoms with Gasteiger partial charge in [-0.3, -0.25) is 9.36 Å². The normalized spacial score (nSPS) is 12.2. The number of methoxy groups -OCH3 is 1. The molecule has 0 fully saturated rings. The number of fused-ring (bicyclic) bond motifs is 1. The van der Waals surface area contributed by atoms with Crippen LogP contribution in [0.5, 0.6) is 5.75 Å². The van der Waals surface area contributed by atoms with E-state index >= 15 is 0 Å². The summed E-state index contributed by atoms with van der Waals surface area (Å²) in [6.45, 7) is 1.95. The maximum absolute atomic E-state index is 13.5. The van der Waals surface area contributed by atoms with Crippen molar-refractivity contribution in [2.75, 3.05) is 12.4 Å². The number of ether oxygens (including phenoxy) is 1. The van der Waals surface area contributed by atoms with Gasteiger partial charge in [-0.25, -0.2) is 9.78 Å². The Morgan fingerprint density at radius 2 is 1.69 bits per heavy atom. The van der Waals surface area contributed by atoms with Gasteiger partial charge in [-0.05, 0) is 55.5 Å². The highest BCUT2D eigenvalue weighted by atomic mass is 35.6. The summed E-state index contributed by atoms with van der Waals surface area (Å²) in [6.07, 6.45) is 0. The van der Waals surface area contributed by atoms with Crippen LogP contribution < -0.4 is 20.9 Å². The third kappa shape index (κ3) is 6.07. The fraction of sp³-hybridized carbons (Fsp3) is 0.160. The molecule has 11 heteroatoms. The first kappa shape index (κ1) is 26.2. The second kappa shape index (κ2) is 11.0. The molecule has 0 saturated carbocycles. The summed E-state index contributed by atoms with van der Waals surface area (Å²) in [5, 5.41) is 4.96. The van der Waals surface area contributed by atoms with Crippen LogP contribution in [0, 0.1) is 6.92 Å². The maximum atomic E-state index is 13.5. The zero-order chi connectivity index (χ0) is 25.9. The van der Waals surface area contributed by atoms with Gasteiger partial charge in [0.25, 0.3) is 5.56 Å². The maximum Gasteiger partial charge on any atom is 0.320 e. The van der Waals surface area contributed by atoms with E-state index in [2.05, 4.69) is 15.6 Å². The minimum absolute atomic E-state index is 0.253. The van der Waals surface area contributed by atoms with Gasteiger partial charge in [-0.2, -0.15) is 0 Å². The van der Waals surface area contributed by atoms with E-state index in [1.165, 1.54) is 4.57 Å². The molecular weight excluding hydrogens is 543 g/mol. The SMILES string of the molecule is COc1ccc(NC(=O)N[C@@H](Sc2nc3ccccc3c(=O)n2-c2ccc(C)cc2)C(Cl)(Cl)Cl)cc1. The van der Waals surface area contributed by atoms with Crippen molar-refractivity contribution in [2.24, 2.45) is 0 Å². The number of aryl methyl sites for hydroxylation is 1. The minimum Gasteiger partial charge on any atom is -0.497 e. The van der Waals surface area contributed by atoms with Crippen LogP contribution in [0.15, 0.2) is 82.7 Å². The molecule has 7 nitrogen and oxygen atoms in total. The number of hydrogen-bond acceptors (Lipinski definition) is 5. The van der Waals surface area contributed by atoms with Crippen LogP contribution in [0.1, 0.15) is 5.56 Å². The van der Waals surface area contributed by atoms with Crippen molar-refractivity contribution in [1.82, 2.24) is 14.9 Å². The van der Waals surface area contributed by atoms with E-state index in [1.807, 2.05) is 31.2 Å². The number of rotatable bonds is 6. The fourth-order valence-corrected chi connectivity index (χ4v) is 4.88. The third-order valence-corrected chi connectivity index (χ3v) is 7.40. The van der Waals surface area contributed by atoms with Crippen LogP contribution in [0.25, 0.3) is 16.6 Å². The topological polar surface area (TPSA) is 85.2 Å². The number of para-hydroxylation sites is 1. The smallest absolute Gasteiger partial charge is 0.320 e. The molecule has 0 bridgehead atoms. The lowest BCUT2D eigenvalue weighted by atomic mass is 10.2. The molecule has 0 aliphatic heterocycles. The largest absolute Gasteiger partial charge is 0.497 e. The molecule has 0 aliphatic carbocycles. The molecule has 4 rings (SSSR count). The number of carbonyl (C=O) groups is 1. The molecule has 4 aromatic rings. The molecule has 186 valence electrons. The monoisotopic (exact) mass is 562 g/mol. The lowest BCUT2D eigenvalue weighted by Gasteiger charge is -2.26. The Balaban J connectivity index is 1.69. The molecule has 2 N–H and O–H groups in total. The lowest BCUT2D eigenvalue weighted by Crippen LogP contribution is -2.44. The standard InChI is InChI=1S/C25H21Cl3N4O3S/c1-15-7-11-17(12-8-15)32-21(33)19-5-3-4-6-20(19)30-24(32)36-22(25(26,27)28)31-23(34)29-16-9-13-18(35-2)14-10-16/h3-14,22H,1-2H3,(H2,29,31,34)/t22-/m0/s1. The summed E-state index contributed by atoms with van der Waals surface area (Å²) in [5.74, 6) is 0.645. The van der Waals surface area contributed by atoms with Gasteiger partial charge >= 0.3 is 6.03 Å². The molecular formula is C25H21Cl3N4O3S. The molecule has 0 radical (unpaired) electrons. The molecule has 1 heterocycles. The first-order valence-electron chi connectivity index (χ1n) is 10.7. The number of nitrogens with one attached hydrogen (secondary N) is 2. The van der Waals surface area contributed by atoms with Gasteiger partial charge < -0.3 is 15.4 Å². The number of halogens is 3. The number of carbonyl (C=O) groups excluding carboxylic acids is 1. The Labute approximate surface area is 226 Å². The Hall–Kier alpha value is -2.91. The van der Waals surface area contributed by atoms with Gasteiger partial charge in [0.1, 0.15) is 11.1 Å². The summed E-state index contributed by atoms with van der Waals surface area (Å²) in [4.78, 5) is 30.9. The van der Waals surface area contributed by atoms with Crippen molar-refractivity contribution in [2.45, 2.75) is 21.2 Å². The van der Waals surface area contributed by atoms with Crippen molar-refractivity contribution in [3.8, 4) is 11.4 Å². The van der Waals surface area contributed by atoms with Crippen molar-refractivity contribution < 1.29 is 9.53 Å². The summed E-state index contributed by atoms with van der Waals surface area (Å²) in [5.41, 5.74) is 2.35. The number of nitrogens with zero attached hydrogens (tertiary/aromatic N) is 2. The quantitative estimate of drug-likeness (QED) is 0.124. The first-order valence-corrected chi connectivity index (χ1v) is 12.7. The molecule has 0 aliphatic rings. The second-order valence-electron chi connectivity index (χ2n) is 7.75. The van der Waals surface area contributed by atoms with E-state index in [1.54, 1.807) is 55.6 Å². The van der Waals surface area contributed by atoms with Crippen LogP contribution in [-0.2, 0) is 0 Å². The highest BCUT2D eigenvalue weighted by Gasteiger charge is 2.36. The molecule has 0 spiro atoms. The third-order valence-electron chi connectivity index (χ3n) is 5.17. The van der Waals surface area contributed by atoms with E-state index in [-0.39, 0.29) is 10.7 Å². The van der Waals surface area contributed by atoms with Crippen LogP contribution in [-0.4, -0.2) is 31.9 Å². The van der Waals surface area contributed by atoms with Crippen LogP contribution >= 0.6 is 46.6 Å². The average molecular weight is 564 g/mol. The van der Waals surface area contributed by atoms with Crippen LogP contribution in [0.4, 0.5) is 10.5 Å². The van der Waals surface area contributed by atoms with Gasteiger partial charge in [0, 0.05) is 5.69 Å². The molecule has 1 aromatic heterocycles. The Bertz CT molecular complexity index is 1440. The van der Waals surface area contributed by atoms with Crippen molar-refractivity contribution in [1.29, 1.82) is 0 Å². The van der Waals surface area contributed by atoms with Gasteiger partial charge in [-0.15, -0.1) is 0 Å². The summed E-state index contributed by atoms with van der Waals surface area (Å²) >= 11 is 19.7. The number of urea groups is 1. The Kier molecular flexibility index (Phi) is 8.00. The zero-order valence-electron chi connectivity index (χ0n) is 19.2. The van der Waals surface area contributed by atoms with Gasteiger partial charge in [-0.1, -0.05) is 76.4 Å². The molecule has 3 aromatic carbocycles. The Morgan fingerprint density at radius 1 is 1.03 bits per heavy atom. The highest BCUT2D eigenvalue weighted by molar-refractivity contribution is 8.00. The highest BCUT2D eigenvalue weighted by Crippen LogP contribution is 2.39. The van der Waals surface area contributed by atoms with Gasteiger partial charge in [0.2, 0.25) is 3.79 Å². The minimum atomic E-state index is -1.93. The van der Waals surface area contributed by atoms with E-state index < -0.39 is 15.2 Å². The predicted molar refractivity (Wildman–Crippen MR) is 147 cm³/mol. The van der Waals surface area contributed by atoms with Gasteiger partial charge in [0.05, 0.1) is 23.7 Å². The molecule has 2 amide bonds. The molecule has 1 atom stereocenters. The van der Waals surface area contributed by atoms with Crippen LogP contribution in [0.2, 0.25) is 0 Å². The van der Waals surface area contributed by atoms with E-state index in [0.29, 0.717) is 28.0 Å². The number of aromatic nitrogens is 2. The number of alkyl halides is 3. The molecule has 0 saturated heterocycles. The zero-order valence-corrected chi connectivity index (χ0v) is 22.3. The van der Waals surface area contributed by atoms with Crippen LogP contribution in [0.3, 0.4) is 0 Å². The van der Waals surface area contributed by atoms with Crippen molar-refractivity contribution in [3.05, 3.63) is 88.7 Å². The second-order valence-corrected chi connectivity index (χ2v) is 11.2. The number of hydrogen-bond donors (Lipinski definition) is 2. The van der Waals surface area contributed by atoms with E-state index in [9.17, 15) is 9.59 Å². The fourth-order valence-electron chi connectivity index (χ4n) is 3.36. The average Bonchev–Trinajstić information content (AvgIpc) is 2.84. The first-order chi connectivity index (χ1) is 17.2. The molecule has 0 unspecified atom stereocenters. The number of benzene rings is 3. The summed E-state index contributed by atoms with van der Waals surface area (Å²) in [6, 6.07) is 20.5. The van der Waals surface area contributed by atoms with Gasteiger partial charge in [0.15, 0.2) is 5.16 Å². The van der Waals surface area contributed by atoms with Crippen molar-refractivity contribution >= 4 is 69.2 Å². The predicted octanol–water partition coefficient (Wildman–Crippen LogP) is 6.31.